The molecule has 4 nitrogen and oxygen atoms in total. The third kappa shape index (κ3) is 3.57. The fourth-order valence-electron chi connectivity index (χ4n) is 1.46. The van der Waals surface area contributed by atoms with Crippen LogP contribution < -0.4 is 5.32 Å². The third-order valence-corrected chi connectivity index (χ3v) is 2.73. The lowest BCUT2D eigenvalue weighted by Gasteiger charge is -2.12. The molecular weight excluding hydrogens is 273 g/mol. The van der Waals surface area contributed by atoms with Crippen LogP contribution in [0.25, 0.3) is 0 Å². The van der Waals surface area contributed by atoms with Crippen molar-refractivity contribution in [2.24, 2.45) is 0 Å². The maximum atomic E-state index is 10.00. The predicted octanol–water partition coefficient (Wildman–Crippen LogP) is 2.93. The van der Waals surface area contributed by atoms with Gasteiger partial charge in [-0.25, -0.2) is 9.97 Å². The zero-order valence-corrected chi connectivity index (χ0v) is 10.9. The predicted molar refractivity (Wildman–Crippen MR) is 71.9 cm³/mol. The standard InChI is InChI=1S/C12H11Cl2N3O/c13-9-4-8(5-10(14)6-9)11(18)7-17-12-15-2-1-3-16-12/h1-6,11,18H,7H2,(H,15,16,17). The van der Waals surface area contributed by atoms with Crippen LogP contribution in [0.2, 0.25) is 10.0 Å². The van der Waals surface area contributed by atoms with Gasteiger partial charge in [0.15, 0.2) is 0 Å². The number of halogens is 2. The summed E-state index contributed by atoms with van der Waals surface area (Å²) in [5.74, 6) is 0.463. The van der Waals surface area contributed by atoms with Gasteiger partial charge >= 0.3 is 0 Å². The first-order chi connectivity index (χ1) is 8.65. The highest BCUT2D eigenvalue weighted by atomic mass is 35.5. The molecule has 18 heavy (non-hydrogen) atoms. The maximum Gasteiger partial charge on any atom is 0.222 e. The van der Waals surface area contributed by atoms with E-state index >= 15 is 0 Å². The van der Waals surface area contributed by atoms with Crippen LogP contribution in [0.1, 0.15) is 11.7 Å². The van der Waals surface area contributed by atoms with Crippen LogP contribution >= 0.6 is 23.2 Å². The number of aliphatic hydroxyl groups is 1. The van der Waals surface area contributed by atoms with Crippen molar-refractivity contribution in [1.29, 1.82) is 0 Å². The van der Waals surface area contributed by atoms with Gasteiger partial charge in [-0.1, -0.05) is 23.2 Å². The molecule has 0 bridgehead atoms. The Bertz CT molecular complexity index is 502. The van der Waals surface area contributed by atoms with Gasteiger partial charge in [0.2, 0.25) is 5.95 Å². The van der Waals surface area contributed by atoms with E-state index in [1.165, 1.54) is 0 Å². The summed E-state index contributed by atoms with van der Waals surface area (Å²) in [5, 5.41) is 13.9. The molecule has 6 heteroatoms. The highest BCUT2D eigenvalue weighted by Gasteiger charge is 2.09. The van der Waals surface area contributed by atoms with Crippen molar-refractivity contribution in [3.05, 3.63) is 52.3 Å². The molecule has 0 aliphatic rings. The van der Waals surface area contributed by atoms with Gasteiger partial charge in [0, 0.05) is 29.0 Å². The smallest absolute Gasteiger partial charge is 0.222 e. The molecule has 1 aromatic carbocycles. The molecule has 0 spiro atoms. The highest BCUT2D eigenvalue weighted by Crippen LogP contribution is 2.23. The monoisotopic (exact) mass is 283 g/mol. The second-order valence-corrected chi connectivity index (χ2v) is 4.54. The van der Waals surface area contributed by atoms with Crippen LogP contribution in [0.3, 0.4) is 0 Å². The molecule has 1 unspecified atom stereocenters. The normalized spacial score (nSPS) is 12.2. The molecule has 0 aliphatic heterocycles. The minimum Gasteiger partial charge on any atom is -0.387 e. The van der Waals surface area contributed by atoms with E-state index in [9.17, 15) is 5.11 Å². The van der Waals surface area contributed by atoms with E-state index in [0.29, 0.717) is 21.6 Å². The van der Waals surface area contributed by atoms with E-state index in [4.69, 9.17) is 23.2 Å². The number of rotatable bonds is 4. The van der Waals surface area contributed by atoms with Crippen molar-refractivity contribution in [3.8, 4) is 0 Å². The number of aromatic nitrogens is 2. The molecule has 94 valence electrons. The number of nitrogens with one attached hydrogen (secondary N) is 1. The van der Waals surface area contributed by atoms with Gasteiger partial charge in [0.25, 0.3) is 0 Å². The second-order valence-electron chi connectivity index (χ2n) is 3.67. The van der Waals surface area contributed by atoms with Gasteiger partial charge in [-0.05, 0) is 29.8 Å². The summed E-state index contributed by atoms with van der Waals surface area (Å²) in [6.07, 6.45) is 2.51. The largest absolute Gasteiger partial charge is 0.387 e. The lowest BCUT2D eigenvalue weighted by molar-refractivity contribution is 0.191. The Balaban J connectivity index is 2.01. The lowest BCUT2D eigenvalue weighted by atomic mass is 10.1. The van der Waals surface area contributed by atoms with Crippen LogP contribution in [-0.4, -0.2) is 21.6 Å². The molecule has 0 saturated carbocycles. The number of aliphatic hydroxyl groups excluding tert-OH is 1. The van der Waals surface area contributed by atoms with Crippen LogP contribution in [0.4, 0.5) is 5.95 Å². The quantitative estimate of drug-likeness (QED) is 0.906. The summed E-state index contributed by atoms with van der Waals surface area (Å²) in [6, 6.07) is 6.68. The SMILES string of the molecule is OC(CNc1ncccn1)c1cc(Cl)cc(Cl)c1. The van der Waals surface area contributed by atoms with E-state index < -0.39 is 6.10 Å². The zero-order valence-electron chi connectivity index (χ0n) is 9.35. The maximum absolute atomic E-state index is 10.00. The van der Waals surface area contributed by atoms with Gasteiger partial charge in [0.05, 0.1) is 6.10 Å². The van der Waals surface area contributed by atoms with Gasteiger partial charge in [-0.2, -0.15) is 0 Å². The molecule has 1 heterocycles. The zero-order chi connectivity index (χ0) is 13.0. The Morgan fingerprint density at radius 1 is 1.11 bits per heavy atom. The summed E-state index contributed by atoms with van der Waals surface area (Å²) < 4.78 is 0. The average Bonchev–Trinajstić information content (AvgIpc) is 2.36. The van der Waals surface area contributed by atoms with Crippen LogP contribution in [-0.2, 0) is 0 Å². The van der Waals surface area contributed by atoms with E-state index in [1.807, 2.05) is 0 Å². The first-order valence-electron chi connectivity index (χ1n) is 5.30. The number of hydrogen-bond acceptors (Lipinski definition) is 4. The molecule has 2 rings (SSSR count). The molecule has 0 saturated heterocycles. The number of anilines is 1. The van der Waals surface area contributed by atoms with Crippen molar-refractivity contribution in [1.82, 2.24) is 9.97 Å². The Hall–Kier alpha value is -1.36. The third-order valence-electron chi connectivity index (χ3n) is 2.29. The summed E-state index contributed by atoms with van der Waals surface area (Å²) in [5.41, 5.74) is 0.649. The molecule has 2 N–H and O–H groups in total. The van der Waals surface area contributed by atoms with Crippen molar-refractivity contribution >= 4 is 29.2 Å². The van der Waals surface area contributed by atoms with Crippen molar-refractivity contribution < 1.29 is 5.11 Å². The highest BCUT2D eigenvalue weighted by molar-refractivity contribution is 6.34. The lowest BCUT2D eigenvalue weighted by Crippen LogP contribution is -2.13. The Kier molecular flexibility index (Phi) is 4.36. The van der Waals surface area contributed by atoms with Crippen molar-refractivity contribution in [3.63, 3.8) is 0 Å². The van der Waals surface area contributed by atoms with Gasteiger partial charge in [0.1, 0.15) is 0 Å². The van der Waals surface area contributed by atoms with E-state index in [2.05, 4.69) is 15.3 Å². The second kappa shape index (κ2) is 6.00. The van der Waals surface area contributed by atoms with E-state index in [1.54, 1.807) is 36.7 Å². The van der Waals surface area contributed by atoms with Gasteiger partial charge < -0.3 is 10.4 Å². The van der Waals surface area contributed by atoms with E-state index in [-0.39, 0.29) is 6.54 Å². The number of benzene rings is 1. The molecular formula is C12H11Cl2N3O. The van der Waals surface area contributed by atoms with Crippen LogP contribution in [0.15, 0.2) is 36.7 Å². The van der Waals surface area contributed by atoms with Crippen LogP contribution in [0.5, 0.6) is 0 Å². The Labute approximate surface area is 115 Å². The molecule has 0 fully saturated rings. The summed E-state index contributed by atoms with van der Waals surface area (Å²) >= 11 is 11.7. The Morgan fingerprint density at radius 2 is 1.72 bits per heavy atom. The van der Waals surface area contributed by atoms with Crippen molar-refractivity contribution in [2.75, 3.05) is 11.9 Å². The fraction of sp³-hybridized carbons (Fsp3) is 0.167. The van der Waals surface area contributed by atoms with E-state index in [0.717, 1.165) is 0 Å². The average molecular weight is 284 g/mol. The Morgan fingerprint density at radius 3 is 2.33 bits per heavy atom. The minimum absolute atomic E-state index is 0.278. The summed E-state index contributed by atoms with van der Waals surface area (Å²) in [7, 11) is 0. The summed E-state index contributed by atoms with van der Waals surface area (Å²) in [4.78, 5) is 7.99. The topological polar surface area (TPSA) is 58.0 Å². The molecule has 2 aromatic rings. The van der Waals surface area contributed by atoms with Crippen molar-refractivity contribution in [2.45, 2.75) is 6.10 Å². The minimum atomic E-state index is -0.731. The molecule has 0 amide bonds. The molecule has 0 aliphatic carbocycles. The van der Waals surface area contributed by atoms with Gasteiger partial charge in [-0.3, -0.25) is 0 Å². The van der Waals surface area contributed by atoms with Gasteiger partial charge in [-0.15, -0.1) is 0 Å². The first kappa shape index (κ1) is 13.1. The molecule has 1 atom stereocenters. The first-order valence-corrected chi connectivity index (χ1v) is 6.05. The summed E-state index contributed by atoms with van der Waals surface area (Å²) in [6.45, 7) is 0.278. The molecule has 0 radical (unpaired) electrons. The molecule has 1 aromatic heterocycles. The number of hydrogen-bond donors (Lipinski definition) is 2. The number of nitrogens with zero attached hydrogens (tertiary/aromatic N) is 2. The fourth-order valence-corrected chi connectivity index (χ4v) is 2.01. The van der Waals surface area contributed by atoms with Crippen LogP contribution in [0, 0.1) is 0 Å².